The van der Waals surface area contributed by atoms with Gasteiger partial charge >= 0.3 is 5.97 Å². The Morgan fingerprint density at radius 3 is 2.53 bits per heavy atom. The Hall–Kier alpha value is -0.650. The predicted molar refractivity (Wildman–Crippen MR) is 56.5 cm³/mol. The largest absolute Gasteiger partial charge is 0.459 e. The van der Waals surface area contributed by atoms with E-state index in [1.54, 1.807) is 21.1 Å². The number of carbonyl (C=O) groups excluding carboxylic acids is 1. The Bertz CT molecular complexity index is 175. The van der Waals surface area contributed by atoms with Crippen LogP contribution >= 0.6 is 0 Å². The number of hydrogen-bond acceptors (Lipinski definition) is 5. The van der Waals surface area contributed by atoms with Crippen molar-refractivity contribution in [3.05, 3.63) is 0 Å². The third kappa shape index (κ3) is 7.30. The van der Waals surface area contributed by atoms with Crippen molar-refractivity contribution < 1.29 is 19.0 Å². The zero-order chi connectivity index (χ0) is 11.7. The lowest BCUT2D eigenvalue weighted by Gasteiger charge is -2.15. The quantitative estimate of drug-likeness (QED) is 0.470. The molecule has 5 nitrogen and oxygen atoms in total. The third-order valence-electron chi connectivity index (χ3n) is 1.89. The summed E-state index contributed by atoms with van der Waals surface area (Å²) in [5, 5.41) is 0. The van der Waals surface area contributed by atoms with Gasteiger partial charge in [-0.15, -0.1) is 0 Å². The van der Waals surface area contributed by atoms with Gasteiger partial charge in [-0.3, -0.25) is 4.79 Å². The molecule has 0 aliphatic carbocycles. The summed E-state index contributed by atoms with van der Waals surface area (Å²) in [7, 11) is 3.17. The van der Waals surface area contributed by atoms with Crippen LogP contribution in [0.15, 0.2) is 0 Å². The molecule has 0 aliphatic rings. The normalized spacial score (nSPS) is 14.7. The molecular weight excluding hydrogens is 198 g/mol. The lowest BCUT2D eigenvalue weighted by atomic mass is 10.2. The number of rotatable bonds is 8. The molecule has 0 aromatic carbocycles. The minimum atomic E-state index is -0.570. The van der Waals surface area contributed by atoms with Crippen molar-refractivity contribution in [1.82, 2.24) is 0 Å². The molecule has 0 heterocycles. The van der Waals surface area contributed by atoms with E-state index in [-0.39, 0.29) is 12.1 Å². The average molecular weight is 219 g/mol. The Balaban J connectivity index is 3.68. The Labute approximate surface area is 90.9 Å². The monoisotopic (exact) mass is 219 g/mol. The molecule has 2 N–H and O–H groups in total. The fraction of sp³-hybridized carbons (Fsp3) is 0.900. The maximum atomic E-state index is 11.4. The molecule has 15 heavy (non-hydrogen) atoms. The average Bonchev–Trinajstić information content (AvgIpc) is 2.18. The van der Waals surface area contributed by atoms with E-state index in [1.807, 2.05) is 0 Å². The summed E-state index contributed by atoms with van der Waals surface area (Å²) in [6.07, 6.45) is 1.08. The van der Waals surface area contributed by atoms with Crippen molar-refractivity contribution in [2.45, 2.75) is 31.9 Å². The Morgan fingerprint density at radius 1 is 1.33 bits per heavy atom. The molecule has 2 atom stereocenters. The SMILES string of the molecule is COCCCC(N)C(=O)OC(C)COC. The Kier molecular flexibility index (Phi) is 8.27. The molecule has 0 saturated carbocycles. The first-order valence-electron chi connectivity index (χ1n) is 5.05. The van der Waals surface area contributed by atoms with Crippen molar-refractivity contribution >= 4 is 5.97 Å². The second kappa shape index (κ2) is 8.64. The molecule has 90 valence electrons. The lowest BCUT2D eigenvalue weighted by molar-refractivity contribution is -0.152. The van der Waals surface area contributed by atoms with E-state index in [0.29, 0.717) is 19.6 Å². The molecule has 0 aliphatic heterocycles. The first kappa shape index (κ1) is 14.3. The zero-order valence-corrected chi connectivity index (χ0v) is 9.69. The molecule has 5 heteroatoms. The van der Waals surface area contributed by atoms with E-state index >= 15 is 0 Å². The Morgan fingerprint density at radius 2 is 2.00 bits per heavy atom. The van der Waals surface area contributed by atoms with Crippen LogP contribution in [0.2, 0.25) is 0 Å². The maximum absolute atomic E-state index is 11.4. The highest BCUT2D eigenvalue weighted by Gasteiger charge is 2.17. The van der Waals surface area contributed by atoms with E-state index in [0.717, 1.165) is 6.42 Å². The predicted octanol–water partition coefficient (Wildman–Crippen LogP) is 0.318. The first-order chi connectivity index (χ1) is 7.11. The summed E-state index contributed by atoms with van der Waals surface area (Å²) in [5.74, 6) is -0.379. The van der Waals surface area contributed by atoms with Gasteiger partial charge in [-0.05, 0) is 19.8 Å². The summed E-state index contributed by atoms with van der Waals surface area (Å²) in [4.78, 5) is 11.4. The minimum absolute atomic E-state index is 0.254. The molecule has 0 fully saturated rings. The van der Waals surface area contributed by atoms with Crippen LogP contribution in [0.25, 0.3) is 0 Å². The first-order valence-corrected chi connectivity index (χ1v) is 5.05. The van der Waals surface area contributed by atoms with E-state index in [9.17, 15) is 4.79 Å². The fourth-order valence-electron chi connectivity index (χ4n) is 1.12. The van der Waals surface area contributed by atoms with E-state index in [1.165, 1.54) is 0 Å². The summed E-state index contributed by atoms with van der Waals surface area (Å²) in [6.45, 7) is 2.76. The molecular formula is C10H21NO4. The number of nitrogens with two attached hydrogens (primary N) is 1. The van der Waals surface area contributed by atoms with Crippen LogP contribution in [-0.4, -0.2) is 45.5 Å². The van der Waals surface area contributed by atoms with Gasteiger partial charge in [0.25, 0.3) is 0 Å². The molecule has 0 aromatic rings. The van der Waals surface area contributed by atoms with Gasteiger partial charge in [0.15, 0.2) is 0 Å². The second-order valence-electron chi connectivity index (χ2n) is 3.44. The third-order valence-corrected chi connectivity index (χ3v) is 1.89. The molecule has 0 amide bonds. The summed E-state index contributed by atoms with van der Waals surface area (Å²) >= 11 is 0. The molecule has 0 spiro atoms. The van der Waals surface area contributed by atoms with Crippen LogP contribution in [0.1, 0.15) is 19.8 Å². The van der Waals surface area contributed by atoms with Gasteiger partial charge in [0.05, 0.1) is 6.61 Å². The van der Waals surface area contributed by atoms with E-state index in [4.69, 9.17) is 19.9 Å². The van der Waals surface area contributed by atoms with Crippen molar-refractivity contribution in [2.75, 3.05) is 27.4 Å². The van der Waals surface area contributed by atoms with Gasteiger partial charge in [0.2, 0.25) is 0 Å². The van der Waals surface area contributed by atoms with E-state index < -0.39 is 6.04 Å². The van der Waals surface area contributed by atoms with Crippen molar-refractivity contribution in [1.29, 1.82) is 0 Å². The number of carbonyl (C=O) groups is 1. The van der Waals surface area contributed by atoms with Gasteiger partial charge in [-0.1, -0.05) is 0 Å². The summed E-state index contributed by atoms with van der Waals surface area (Å²) in [6, 6.07) is -0.570. The molecule has 2 unspecified atom stereocenters. The topological polar surface area (TPSA) is 70.8 Å². The molecule has 0 aromatic heterocycles. The number of esters is 1. The molecule has 0 bridgehead atoms. The van der Waals surface area contributed by atoms with Gasteiger partial charge in [0.1, 0.15) is 12.1 Å². The standard InChI is InChI=1S/C10H21NO4/c1-8(7-14-3)15-10(12)9(11)5-4-6-13-2/h8-9H,4-7,11H2,1-3H3. The lowest BCUT2D eigenvalue weighted by Crippen LogP contribution is -2.35. The van der Waals surface area contributed by atoms with Crippen molar-refractivity contribution in [3.63, 3.8) is 0 Å². The van der Waals surface area contributed by atoms with E-state index in [2.05, 4.69) is 0 Å². The van der Waals surface area contributed by atoms with Crippen molar-refractivity contribution in [2.24, 2.45) is 5.73 Å². The number of methoxy groups -OCH3 is 2. The zero-order valence-electron chi connectivity index (χ0n) is 9.69. The summed E-state index contributed by atoms with van der Waals surface area (Å²) in [5.41, 5.74) is 5.63. The highest BCUT2D eigenvalue weighted by Crippen LogP contribution is 2.00. The highest BCUT2D eigenvalue weighted by molar-refractivity contribution is 5.75. The smallest absolute Gasteiger partial charge is 0.323 e. The maximum Gasteiger partial charge on any atom is 0.323 e. The molecule has 0 rings (SSSR count). The second-order valence-corrected chi connectivity index (χ2v) is 3.44. The molecule has 0 radical (unpaired) electrons. The highest BCUT2D eigenvalue weighted by atomic mass is 16.6. The van der Waals surface area contributed by atoms with Crippen LogP contribution < -0.4 is 5.73 Å². The van der Waals surface area contributed by atoms with Crippen LogP contribution in [0.4, 0.5) is 0 Å². The number of ether oxygens (including phenoxy) is 3. The van der Waals surface area contributed by atoms with Crippen LogP contribution in [0, 0.1) is 0 Å². The summed E-state index contributed by atoms with van der Waals surface area (Å²) < 4.78 is 14.8. The van der Waals surface area contributed by atoms with Gasteiger partial charge in [-0.2, -0.15) is 0 Å². The van der Waals surface area contributed by atoms with Gasteiger partial charge < -0.3 is 19.9 Å². The fourth-order valence-corrected chi connectivity index (χ4v) is 1.12. The van der Waals surface area contributed by atoms with Crippen LogP contribution in [0.5, 0.6) is 0 Å². The number of hydrogen-bond donors (Lipinski definition) is 1. The minimum Gasteiger partial charge on any atom is -0.459 e. The van der Waals surface area contributed by atoms with Crippen molar-refractivity contribution in [3.8, 4) is 0 Å². The molecule has 0 saturated heterocycles. The van der Waals surface area contributed by atoms with Crippen LogP contribution in [-0.2, 0) is 19.0 Å². The van der Waals surface area contributed by atoms with Gasteiger partial charge in [0, 0.05) is 20.8 Å². The van der Waals surface area contributed by atoms with Crippen LogP contribution in [0.3, 0.4) is 0 Å². The van der Waals surface area contributed by atoms with Gasteiger partial charge in [-0.25, -0.2) is 0 Å².